The fraction of sp³-hybridized carbons (Fsp3) is 0.200. The predicted molar refractivity (Wildman–Crippen MR) is 80.0 cm³/mol. The minimum Gasteiger partial charge on any atom is -0.326 e. The summed E-state index contributed by atoms with van der Waals surface area (Å²) in [5.41, 5.74) is 4.27. The number of anilines is 1. The topological polar surface area (TPSA) is 72.2 Å². The fourth-order valence-corrected chi connectivity index (χ4v) is 2.04. The molecule has 0 aliphatic heterocycles. The van der Waals surface area contributed by atoms with Gasteiger partial charge in [-0.1, -0.05) is 12.1 Å². The second-order valence-corrected chi connectivity index (χ2v) is 4.91. The smallest absolute Gasteiger partial charge is 0.251 e. The molecule has 1 aromatic carbocycles. The third-order valence-corrected chi connectivity index (χ3v) is 3.22. The molecule has 21 heavy (non-hydrogen) atoms. The lowest BCUT2D eigenvalue weighted by Crippen LogP contribution is -2.05. The van der Waals surface area contributed by atoms with Crippen molar-refractivity contribution in [1.82, 2.24) is 19.6 Å². The van der Waals surface area contributed by atoms with E-state index in [0.717, 1.165) is 28.3 Å². The number of nitrogens with zero attached hydrogens (tertiary/aromatic N) is 4. The summed E-state index contributed by atoms with van der Waals surface area (Å²) in [5.74, 6) is 0.494. The number of fused-ring (bicyclic) bond motifs is 1. The average Bonchev–Trinajstić information content (AvgIpc) is 2.82. The highest BCUT2D eigenvalue weighted by molar-refractivity contribution is 5.88. The molecule has 0 aliphatic carbocycles. The Hall–Kier alpha value is -2.76. The number of aryl methyl sites for hydroxylation is 2. The van der Waals surface area contributed by atoms with Crippen LogP contribution in [0.1, 0.15) is 18.3 Å². The molecule has 6 nitrogen and oxygen atoms in total. The standard InChI is InChI=1S/C15H15N5O/c1-9-10(2)19-20-8-14(18-15(20)16-9)12-4-6-13(7-5-12)17-11(3)21/h4-8H,1-3H3,(H,17,21). The van der Waals surface area contributed by atoms with Crippen molar-refractivity contribution >= 4 is 17.4 Å². The lowest BCUT2D eigenvalue weighted by Gasteiger charge is -2.02. The molecule has 0 saturated carbocycles. The molecule has 2 heterocycles. The summed E-state index contributed by atoms with van der Waals surface area (Å²) in [7, 11) is 0. The van der Waals surface area contributed by atoms with Crippen LogP contribution < -0.4 is 5.32 Å². The predicted octanol–water partition coefficient (Wildman–Crippen LogP) is 2.37. The van der Waals surface area contributed by atoms with Gasteiger partial charge in [0.05, 0.1) is 23.3 Å². The molecular formula is C15H15N5O. The third kappa shape index (κ3) is 2.60. The van der Waals surface area contributed by atoms with Crippen molar-refractivity contribution in [3.8, 4) is 11.3 Å². The van der Waals surface area contributed by atoms with Gasteiger partial charge in [0.1, 0.15) is 0 Å². The lowest BCUT2D eigenvalue weighted by molar-refractivity contribution is -0.114. The molecule has 3 aromatic rings. The number of benzene rings is 1. The minimum absolute atomic E-state index is 0.0881. The van der Waals surface area contributed by atoms with Crippen molar-refractivity contribution in [2.24, 2.45) is 0 Å². The van der Waals surface area contributed by atoms with Crippen molar-refractivity contribution in [3.05, 3.63) is 41.9 Å². The Labute approximate surface area is 121 Å². The normalized spacial score (nSPS) is 10.8. The zero-order chi connectivity index (χ0) is 15.0. The number of amides is 1. The van der Waals surface area contributed by atoms with Crippen molar-refractivity contribution < 1.29 is 4.79 Å². The van der Waals surface area contributed by atoms with Gasteiger partial charge in [0, 0.05) is 18.2 Å². The molecule has 1 amide bonds. The first kappa shape index (κ1) is 13.2. The van der Waals surface area contributed by atoms with Crippen LogP contribution in [0.15, 0.2) is 30.5 Å². The van der Waals surface area contributed by atoms with Crippen LogP contribution in [0.3, 0.4) is 0 Å². The highest BCUT2D eigenvalue weighted by Gasteiger charge is 2.08. The van der Waals surface area contributed by atoms with Crippen molar-refractivity contribution in [1.29, 1.82) is 0 Å². The number of rotatable bonds is 2. The molecule has 0 fully saturated rings. The lowest BCUT2D eigenvalue weighted by atomic mass is 10.1. The largest absolute Gasteiger partial charge is 0.326 e. The Morgan fingerprint density at radius 2 is 1.81 bits per heavy atom. The second kappa shape index (κ2) is 4.97. The molecule has 1 N–H and O–H groups in total. The van der Waals surface area contributed by atoms with E-state index in [4.69, 9.17) is 0 Å². The Morgan fingerprint density at radius 1 is 1.10 bits per heavy atom. The Balaban J connectivity index is 1.98. The Kier molecular flexibility index (Phi) is 3.13. The van der Waals surface area contributed by atoms with E-state index < -0.39 is 0 Å². The second-order valence-electron chi connectivity index (χ2n) is 4.91. The quantitative estimate of drug-likeness (QED) is 0.782. The van der Waals surface area contributed by atoms with E-state index in [2.05, 4.69) is 20.4 Å². The van der Waals surface area contributed by atoms with E-state index in [1.54, 1.807) is 4.52 Å². The van der Waals surface area contributed by atoms with Crippen molar-refractivity contribution in [2.45, 2.75) is 20.8 Å². The summed E-state index contributed by atoms with van der Waals surface area (Å²) in [4.78, 5) is 19.9. The summed E-state index contributed by atoms with van der Waals surface area (Å²) in [6.07, 6.45) is 1.85. The zero-order valence-corrected chi connectivity index (χ0v) is 12.1. The summed E-state index contributed by atoms with van der Waals surface area (Å²) >= 11 is 0. The van der Waals surface area contributed by atoms with Gasteiger partial charge in [0.15, 0.2) is 0 Å². The molecule has 106 valence electrons. The summed E-state index contributed by atoms with van der Waals surface area (Å²) in [5, 5.41) is 7.15. The molecule has 0 radical (unpaired) electrons. The molecule has 0 bridgehead atoms. The molecule has 0 saturated heterocycles. The highest BCUT2D eigenvalue weighted by atomic mass is 16.1. The van der Waals surface area contributed by atoms with Crippen LogP contribution in [0.5, 0.6) is 0 Å². The van der Waals surface area contributed by atoms with E-state index in [9.17, 15) is 4.79 Å². The van der Waals surface area contributed by atoms with E-state index in [1.807, 2.05) is 44.3 Å². The fourth-order valence-electron chi connectivity index (χ4n) is 2.04. The van der Waals surface area contributed by atoms with Crippen LogP contribution in [0, 0.1) is 13.8 Å². The number of hydrogen-bond donors (Lipinski definition) is 1. The first-order chi connectivity index (χ1) is 10.0. The molecule has 0 aliphatic rings. The molecule has 2 aromatic heterocycles. The van der Waals surface area contributed by atoms with Crippen LogP contribution in [-0.4, -0.2) is 25.5 Å². The molecule has 0 atom stereocenters. The van der Waals surface area contributed by atoms with Gasteiger partial charge in [0.25, 0.3) is 5.78 Å². The van der Waals surface area contributed by atoms with Gasteiger partial charge >= 0.3 is 0 Å². The maximum atomic E-state index is 11.0. The number of carbonyl (C=O) groups excluding carboxylic acids is 1. The maximum absolute atomic E-state index is 11.0. The van der Waals surface area contributed by atoms with Gasteiger partial charge in [-0.25, -0.2) is 14.5 Å². The van der Waals surface area contributed by atoms with Crippen LogP contribution in [0.25, 0.3) is 17.0 Å². The monoisotopic (exact) mass is 281 g/mol. The maximum Gasteiger partial charge on any atom is 0.251 e. The van der Waals surface area contributed by atoms with Crippen molar-refractivity contribution in [3.63, 3.8) is 0 Å². The number of hydrogen-bond acceptors (Lipinski definition) is 4. The molecule has 0 spiro atoms. The van der Waals surface area contributed by atoms with Crippen LogP contribution in [0.2, 0.25) is 0 Å². The molecular weight excluding hydrogens is 266 g/mol. The Morgan fingerprint density at radius 3 is 2.48 bits per heavy atom. The summed E-state index contributed by atoms with van der Waals surface area (Å²) in [6.45, 7) is 5.32. The summed E-state index contributed by atoms with van der Waals surface area (Å²) in [6, 6.07) is 7.51. The molecule has 3 rings (SSSR count). The summed E-state index contributed by atoms with van der Waals surface area (Å²) < 4.78 is 1.68. The van der Waals surface area contributed by atoms with Gasteiger partial charge in [-0.05, 0) is 26.0 Å². The average molecular weight is 281 g/mol. The van der Waals surface area contributed by atoms with Gasteiger partial charge < -0.3 is 5.32 Å². The first-order valence-electron chi connectivity index (χ1n) is 6.61. The van der Waals surface area contributed by atoms with Gasteiger partial charge in [-0.2, -0.15) is 5.10 Å². The number of nitrogens with one attached hydrogen (secondary N) is 1. The zero-order valence-electron chi connectivity index (χ0n) is 12.1. The van der Waals surface area contributed by atoms with Crippen molar-refractivity contribution in [2.75, 3.05) is 5.32 Å². The van der Waals surface area contributed by atoms with E-state index in [1.165, 1.54) is 6.92 Å². The van der Waals surface area contributed by atoms with Gasteiger partial charge in [-0.15, -0.1) is 0 Å². The Bertz CT molecular complexity index is 781. The number of carbonyl (C=O) groups is 1. The highest BCUT2D eigenvalue weighted by Crippen LogP contribution is 2.20. The van der Waals surface area contributed by atoms with Crippen LogP contribution in [-0.2, 0) is 4.79 Å². The van der Waals surface area contributed by atoms with E-state index >= 15 is 0 Å². The molecule has 0 unspecified atom stereocenters. The SMILES string of the molecule is CC(=O)Nc1ccc(-c2cn3nc(C)c(C)nc3n2)cc1. The van der Waals surface area contributed by atoms with Crippen LogP contribution >= 0.6 is 0 Å². The first-order valence-corrected chi connectivity index (χ1v) is 6.61. The van der Waals surface area contributed by atoms with Gasteiger partial charge in [0.2, 0.25) is 5.91 Å². The van der Waals surface area contributed by atoms with Crippen LogP contribution in [0.4, 0.5) is 5.69 Å². The number of aromatic nitrogens is 4. The van der Waals surface area contributed by atoms with E-state index in [-0.39, 0.29) is 5.91 Å². The van der Waals surface area contributed by atoms with Gasteiger partial charge in [-0.3, -0.25) is 4.79 Å². The number of imidazole rings is 1. The molecule has 6 heteroatoms. The van der Waals surface area contributed by atoms with E-state index in [0.29, 0.717) is 5.78 Å². The minimum atomic E-state index is -0.0881. The third-order valence-electron chi connectivity index (χ3n) is 3.22.